The van der Waals surface area contributed by atoms with Gasteiger partial charge in [-0.3, -0.25) is 4.79 Å². The maximum atomic E-state index is 12.8. The predicted octanol–water partition coefficient (Wildman–Crippen LogP) is 3.02. The number of piperidine rings is 1. The van der Waals surface area contributed by atoms with E-state index in [9.17, 15) is 13.2 Å². The monoisotopic (exact) mass is 390 g/mol. The van der Waals surface area contributed by atoms with Crippen LogP contribution < -0.4 is 5.32 Å². The lowest BCUT2D eigenvalue weighted by Crippen LogP contribution is -2.44. The number of amides is 1. The van der Waals surface area contributed by atoms with Gasteiger partial charge in [-0.25, -0.2) is 8.42 Å². The third-order valence-corrected chi connectivity index (χ3v) is 7.13. The number of hydrogen-bond donors (Lipinski definition) is 1. The Balaban J connectivity index is 1.58. The first kappa shape index (κ1) is 19.6. The number of nitrogens with one attached hydrogen (secondary N) is 1. The Morgan fingerprint density at radius 3 is 2.63 bits per heavy atom. The van der Waals surface area contributed by atoms with Gasteiger partial charge in [0.05, 0.1) is 17.7 Å². The van der Waals surface area contributed by atoms with Crippen molar-refractivity contribution in [3.8, 4) is 0 Å². The number of benzene rings is 1. The number of rotatable bonds is 7. The molecule has 0 saturated carbocycles. The highest BCUT2D eigenvalue weighted by atomic mass is 32.2. The Kier molecular flexibility index (Phi) is 6.34. The third kappa shape index (κ3) is 4.78. The Morgan fingerprint density at radius 2 is 1.96 bits per heavy atom. The molecule has 3 rings (SSSR count). The smallest absolute Gasteiger partial charge is 0.243 e. The Hall–Kier alpha value is -2.12. The molecule has 1 N–H and O–H groups in total. The summed E-state index contributed by atoms with van der Waals surface area (Å²) < 4.78 is 32.5. The van der Waals surface area contributed by atoms with Crippen molar-refractivity contribution >= 4 is 15.9 Å². The Bertz CT molecular complexity index is 834. The number of furan rings is 1. The zero-order valence-electron chi connectivity index (χ0n) is 15.5. The summed E-state index contributed by atoms with van der Waals surface area (Å²) in [6.45, 7) is 3.34. The summed E-state index contributed by atoms with van der Waals surface area (Å²) in [5.41, 5.74) is 0. The zero-order chi connectivity index (χ0) is 19.3. The molecule has 0 spiro atoms. The molecule has 0 aliphatic carbocycles. The van der Waals surface area contributed by atoms with E-state index in [-0.39, 0.29) is 17.7 Å². The van der Waals surface area contributed by atoms with Gasteiger partial charge in [0.15, 0.2) is 0 Å². The Labute approximate surface area is 160 Å². The van der Waals surface area contributed by atoms with Gasteiger partial charge in [-0.05, 0) is 42.5 Å². The second-order valence-corrected chi connectivity index (χ2v) is 8.89. The van der Waals surface area contributed by atoms with Gasteiger partial charge in [-0.15, -0.1) is 0 Å². The van der Waals surface area contributed by atoms with Crippen LogP contribution in [0.2, 0.25) is 0 Å². The summed E-state index contributed by atoms with van der Waals surface area (Å²) in [6.07, 6.45) is 3.53. The van der Waals surface area contributed by atoms with Gasteiger partial charge >= 0.3 is 0 Å². The molecular weight excluding hydrogens is 364 g/mol. The molecule has 2 atom stereocenters. The van der Waals surface area contributed by atoms with Gasteiger partial charge in [0.25, 0.3) is 0 Å². The lowest BCUT2D eigenvalue weighted by molar-refractivity contribution is -0.123. The SMILES string of the molecule is CCC1CN(S(=O)(=O)c2ccccc2)CCC1CC(=O)NCc1ccco1. The van der Waals surface area contributed by atoms with Crippen molar-refractivity contribution in [1.82, 2.24) is 9.62 Å². The van der Waals surface area contributed by atoms with Crippen molar-refractivity contribution in [2.45, 2.75) is 37.6 Å². The highest BCUT2D eigenvalue weighted by Gasteiger charge is 2.35. The normalized spacial score (nSPS) is 21.1. The van der Waals surface area contributed by atoms with Crippen LogP contribution in [0.4, 0.5) is 0 Å². The van der Waals surface area contributed by atoms with Gasteiger partial charge in [0.1, 0.15) is 5.76 Å². The van der Waals surface area contributed by atoms with E-state index < -0.39 is 10.0 Å². The molecule has 2 heterocycles. The molecule has 7 heteroatoms. The van der Waals surface area contributed by atoms with Crippen molar-refractivity contribution < 1.29 is 17.6 Å². The average molecular weight is 391 g/mol. The summed E-state index contributed by atoms with van der Waals surface area (Å²) in [4.78, 5) is 12.6. The van der Waals surface area contributed by atoms with E-state index in [1.54, 1.807) is 47.0 Å². The predicted molar refractivity (Wildman–Crippen MR) is 102 cm³/mol. The second-order valence-electron chi connectivity index (χ2n) is 6.95. The second kappa shape index (κ2) is 8.71. The number of carbonyl (C=O) groups excluding carboxylic acids is 1. The minimum atomic E-state index is -3.48. The van der Waals surface area contributed by atoms with Crippen LogP contribution in [-0.2, 0) is 21.4 Å². The topological polar surface area (TPSA) is 79.6 Å². The number of hydrogen-bond acceptors (Lipinski definition) is 4. The molecule has 1 amide bonds. The van der Waals surface area contributed by atoms with Gasteiger partial charge in [0, 0.05) is 19.5 Å². The molecule has 146 valence electrons. The molecule has 1 aliphatic rings. The van der Waals surface area contributed by atoms with E-state index in [0.29, 0.717) is 37.4 Å². The number of sulfonamides is 1. The maximum absolute atomic E-state index is 12.8. The fourth-order valence-corrected chi connectivity index (χ4v) is 5.18. The maximum Gasteiger partial charge on any atom is 0.243 e. The average Bonchev–Trinajstić information content (AvgIpc) is 3.21. The molecule has 1 aromatic carbocycles. The van der Waals surface area contributed by atoms with Gasteiger partial charge in [0.2, 0.25) is 15.9 Å². The standard InChI is InChI=1S/C20H26N2O4S/c1-2-16-15-22(27(24,25)19-8-4-3-5-9-19)11-10-17(16)13-20(23)21-14-18-7-6-12-26-18/h3-9,12,16-17H,2,10-11,13-15H2,1H3,(H,21,23). The van der Waals surface area contributed by atoms with Crippen LogP contribution in [0.3, 0.4) is 0 Å². The van der Waals surface area contributed by atoms with Crippen molar-refractivity contribution in [3.63, 3.8) is 0 Å². The van der Waals surface area contributed by atoms with Crippen LogP contribution in [0.15, 0.2) is 58.0 Å². The van der Waals surface area contributed by atoms with E-state index in [1.807, 2.05) is 6.07 Å². The minimum absolute atomic E-state index is 0.0192. The van der Waals surface area contributed by atoms with Crippen molar-refractivity contribution in [2.24, 2.45) is 11.8 Å². The van der Waals surface area contributed by atoms with E-state index in [0.717, 1.165) is 12.2 Å². The summed E-state index contributed by atoms with van der Waals surface area (Å²) >= 11 is 0. The van der Waals surface area contributed by atoms with Gasteiger partial charge < -0.3 is 9.73 Å². The molecule has 6 nitrogen and oxygen atoms in total. The number of carbonyl (C=O) groups is 1. The molecule has 1 aromatic heterocycles. The molecule has 1 aliphatic heterocycles. The minimum Gasteiger partial charge on any atom is -0.467 e. The van der Waals surface area contributed by atoms with E-state index in [2.05, 4.69) is 12.2 Å². The summed E-state index contributed by atoms with van der Waals surface area (Å²) in [7, 11) is -3.48. The Morgan fingerprint density at radius 1 is 1.19 bits per heavy atom. The number of nitrogens with zero attached hydrogens (tertiary/aromatic N) is 1. The molecular formula is C20H26N2O4S. The molecule has 2 unspecified atom stereocenters. The molecule has 0 radical (unpaired) electrons. The van der Waals surface area contributed by atoms with Crippen molar-refractivity contribution in [2.75, 3.05) is 13.1 Å². The fraction of sp³-hybridized carbons (Fsp3) is 0.450. The lowest BCUT2D eigenvalue weighted by Gasteiger charge is -2.37. The zero-order valence-corrected chi connectivity index (χ0v) is 16.3. The van der Waals surface area contributed by atoms with Crippen LogP contribution in [0.5, 0.6) is 0 Å². The largest absolute Gasteiger partial charge is 0.467 e. The molecule has 1 fully saturated rings. The first-order valence-corrected chi connectivity index (χ1v) is 10.8. The third-order valence-electron chi connectivity index (χ3n) is 5.25. The highest BCUT2D eigenvalue weighted by molar-refractivity contribution is 7.89. The van der Waals surface area contributed by atoms with Crippen LogP contribution in [0.1, 0.15) is 31.9 Å². The van der Waals surface area contributed by atoms with Crippen LogP contribution >= 0.6 is 0 Å². The highest BCUT2D eigenvalue weighted by Crippen LogP contribution is 2.32. The summed E-state index contributed by atoms with van der Waals surface area (Å²) in [5, 5.41) is 2.88. The molecule has 0 bridgehead atoms. The van der Waals surface area contributed by atoms with Crippen molar-refractivity contribution in [3.05, 3.63) is 54.5 Å². The van der Waals surface area contributed by atoms with E-state index in [1.165, 1.54) is 0 Å². The van der Waals surface area contributed by atoms with E-state index in [4.69, 9.17) is 4.42 Å². The summed E-state index contributed by atoms with van der Waals surface area (Å²) in [6, 6.07) is 12.1. The summed E-state index contributed by atoms with van der Waals surface area (Å²) in [5.74, 6) is 1.06. The first-order chi connectivity index (χ1) is 13.0. The van der Waals surface area contributed by atoms with Gasteiger partial charge in [-0.1, -0.05) is 31.5 Å². The molecule has 27 heavy (non-hydrogen) atoms. The van der Waals surface area contributed by atoms with E-state index >= 15 is 0 Å². The lowest BCUT2D eigenvalue weighted by atomic mass is 9.82. The van der Waals surface area contributed by atoms with Gasteiger partial charge in [-0.2, -0.15) is 4.31 Å². The van der Waals surface area contributed by atoms with Crippen molar-refractivity contribution in [1.29, 1.82) is 0 Å². The fourth-order valence-electron chi connectivity index (χ4n) is 3.65. The first-order valence-electron chi connectivity index (χ1n) is 9.35. The molecule has 1 saturated heterocycles. The molecule has 2 aromatic rings. The van der Waals surface area contributed by atoms with Crippen LogP contribution in [0.25, 0.3) is 0 Å². The quantitative estimate of drug-likeness (QED) is 0.788. The van der Waals surface area contributed by atoms with Crippen LogP contribution in [-0.4, -0.2) is 31.7 Å². The van der Waals surface area contributed by atoms with Crippen LogP contribution in [0, 0.1) is 11.8 Å².